The van der Waals surface area contributed by atoms with Gasteiger partial charge in [0, 0.05) is 11.4 Å². The standard InChI is InChI=1S/C26H26N2O2S/c1-5-18(3)28-25(29)24(31-26(28)27-20-13-10-17(2)11-14-20)16-19-12-15-23(30-4)22-9-7-6-8-21(19)22/h6-16,18H,5H2,1-4H3/b24-16+,27-26?/t18-/m0/s1. The van der Waals surface area contributed by atoms with Gasteiger partial charge in [0.05, 0.1) is 17.7 Å². The predicted octanol–water partition coefficient (Wildman–Crippen LogP) is 6.56. The van der Waals surface area contributed by atoms with E-state index in [1.54, 1.807) is 7.11 Å². The zero-order valence-electron chi connectivity index (χ0n) is 18.3. The van der Waals surface area contributed by atoms with Crippen molar-refractivity contribution in [3.05, 3.63) is 76.7 Å². The Morgan fingerprint density at radius 1 is 1.06 bits per heavy atom. The number of amides is 1. The van der Waals surface area contributed by atoms with Crippen LogP contribution in [0, 0.1) is 6.92 Å². The Bertz CT molecular complexity index is 1180. The Hall–Kier alpha value is -3.05. The summed E-state index contributed by atoms with van der Waals surface area (Å²) >= 11 is 1.44. The zero-order valence-corrected chi connectivity index (χ0v) is 19.1. The molecule has 0 N–H and O–H groups in total. The van der Waals surface area contributed by atoms with Crippen molar-refractivity contribution in [3.63, 3.8) is 0 Å². The van der Waals surface area contributed by atoms with Crippen LogP contribution in [0.15, 0.2) is 70.6 Å². The van der Waals surface area contributed by atoms with Crippen LogP contribution in [0.4, 0.5) is 5.69 Å². The highest BCUT2D eigenvalue weighted by atomic mass is 32.2. The summed E-state index contributed by atoms with van der Waals surface area (Å²) in [7, 11) is 1.67. The first kappa shape index (κ1) is 21.2. The van der Waals surface area contributed by atoms with E-state index in [1.807, 2.05) is 65.6 Å². The number of nitrogens with zero attached hydrogens (tertiary/aromatic N) is 2. The minimum Gasteiger partial charge on any atom is -0.496 e. The van der Waals surface area contributed by atoms with Crippen molar-refractivity contribution in [2.45, 2.75) is 33.2 Å². The number of rotatable bonds is 5. The van der Waals surface area contributed by atoms with E-state index in [4.69, 9.17) is 9.73 Å². The van der Waals surface area contributed by atoms with Crippen molar-refractivity contribution in [1.82, 2.24) is 4.90 Å². The van der Waals surface area contributed by atoms with Gasteiger partial charge in [0.1, 0.15) is 5.75 Å². The monoisotopic (exact) mass is 430 g/mol. The van der Waals surface area contributed by atoms with Crippen LogP contribution >= 0.6 is 11.8 Å². The summed E-state index contributed by atoms with van der Waals surface area (Å²) in [5, 5.41) is 2.82. The summed E-state index contributed by atoms with van der Waals surface area (Å²) in [4.78, 5) is 20.7. The van der Waals surface area contributed by atoms with Crippen molar-refractivity contribution >= 4 is 45.4 Å². The lowest BCUT2D eigenvalue weighted by Crippen LogP contribution is -2.36. The van der Waals surface area contributed by atoms with E-state index < -0.39 is 0 Å². The molecular formula is C26H26N2O2S. The normalized spacial score (nSPS) is 17.7. The predicted molar refractivity (Wildman–Crippen MR) is 131 cm³/mol. The number of carbonyl (C=O) groups is 1. The van der Waals surface area contributed by atoms with Gasteiger partial charge in [-0.2, -0.15) is 0 Å². The third-order valence-corrected chi connectivity index (χ3v) is 6.53. The molecule has 1 saturated heterocycles. The Labute approximate surface area is 187 Å². The minimum absolute atomic E-state index is 0.00473. The molecule has 0 aromatic heterocycles. The fourth-order valence-electron chi connectivity index (χ4n) is 3.61. The molecule has 0 spiro atoms. The van der Waals surface area contributed by atoms with Crippen molar-refractivity contribution in [2.24, 2.45) is 4.99 Å². The van der Waals surface area contributed by atoms with E-state index in [2.05, 4.69) is 26.8 Å². The molecule has 0 radical (unpaired) electrons. The van der Waals surface area contributed by atoms with Crippen molar-refractivity contribution < 1.29 is 9.53 Å². The Morgan fingerprint density at radius 3 is 2.45 bits per heavy atom. The topological polar surface area (TPSA) is 41.9 Å². The van der Waals surface area contributed by atoms with Gasteiger partial charge < -0.3 is 4.74 Å². The van der Waals surface area contributed by atoms with Crippen LogP contribution in [0.5, 0.6) is 5.75 Å². The summed E-state index contributed by atoms with van der Waals surface area (Å²) in [5.74, 6) is 0.830. The molecular weight excluding hydrogens is 404 g/mol. The smallest absolute Gasteiger partial charge is 0.267 e. The number of amidine groups is 1. The Morgan fingerprint density at radius 2 is 1.77 bits per heavy atom. The second kappa shape index (κ2) is 8.98. The van der Waals surface area contributed by atoms with E-state index in [0.717, 1.165) is 39.4 Å². The first-order valence-electron chi connectivity index (χ1n) is 10.5. The lowest BCUT2D eigenvalue weighted by molar-refractivity contribution is -0.123. The third-order valence-electron chi connectivity index (χ3n) is 5.55. The number of fused-ring (bicyclic) bond motifs is 1. The SMILES string of the molecule is CC[C@H](C)N1C(=O)/C(=C\c2ccc(OC)c3ccccc23)SC1=Nc1ccc(C)cc1. The second-order valence-electron chi connectivity index (χ2n) is 7.68. The number of ether oxygens (including phenoxy) is 1. The maximum Gasteiger partial charge on any atom is 0.267 e. The summed E-state index contributed by atoms with van der Waals surface area (Å²) in [6.45, 7) is 6.20. The molecule has 0 bridgehead atoms. The molecule has 158 valence electrons. The van der Waals surface area contributed by atoms with Gasteiger partial charge in [0.25, 0.3) is 5.91 Å². The van der Waals surface area contributed by atoms with Gasteiger partial charge in [-0.25, -0.2) is 4.99 Å². The highest BCUT2D eigenvalue weighted by Gasteiger charge is 2.36. The van der Waals surface area contributed by atoms with E-state index in [1.165, 1.54) is 17.3 Å². The molecule has 1 amide bonds. The van der Waals surface area contributed by atoms with Crippen LogP contribution in [-0.4, -0.2) is 29.1 Å². The number of benzene rings is 3. The van der Waals surface area contributed by atoms with Gasteiger partial charge in [-0.15, -0.1) is 0 Å². The summed E-state index contributed by atoms with van der Waals surface area (Å²) in [5.41, 5.74) is 3.03. The number of hydrogen-bond donors (Lipinski definition) is 0. The number of aliphatic imine (C=N–C) groups is 1. The Balaban J connectivity index is 1.77. The van der Waals surface area contributed by atoms with Crippen LogP contribution in [-0.2, 0) is 4.79 Å². The molecule has 0 unspecified atom stereocenters. The fourth-order valence-corrected chi connectivity index (χ4v) is 4.69. The van der Waals surface area contributed by atoms with Crippen LogP contribution < -0.4 is 4.74 Å². The van der Waals surface area contributed by atoms with Gasteiger partial charge in [-0.1, -0.05) is 55.0 Å². The first-order chi connectivity index (χ1) is 15.0. The third kappa shape index (κ3) is 4.23. The highest BCUT2D eigenvalue weighted by Crippen LogP contribution is 2.38. The largest absolute Gasteiger partial charge is 0.496 e. The minimum atomic E-state index is 0.00473. The average molecular weight is 431 g/mol. The van der Waals surface area contributed by atoms with Gasteiger partial charge in [-0.3, -0.25) is 9.69 Å². The molecule has 0 aliphatic carbocycles. The summed E-state index contributed by atoms with van der Waals surface area (Å²) in [6, 6.07) is 20.2. The average Bonchev–Trinajstić information content (AvgIpc) is 3.09. The molecule has 5 heteroatoms. The molecule has 31 heavy (non-hydrogen) atoms. The highest BCUT2D eigenvalue weighted by molar-refractivity contribution is 8.18. The molecule has 1 fully saturated rings. The van der Waals surface area contributed by atoms with E-state index in [9.17, 15) is 4.79 Å². The van der Waals surface area contributed by atoms with Gasteiger partial charge in [-0.05, 0) is 67.3 Å². The maximum atomic E-state index is 13.4. The zero-order chi connectivity index (χ0) is 22.0. The van der Waals surface area contributed by atoms with Crippen LogP contribution in [0.3, 0.4) is 0 Å². The number of carbonyl (C=O) groups excluding carboxylic acids is 1. The number of hydrogen-bond acceptors (Lipinski definition) is 4. The summed E-state index contributed by atoms with van der Waals surface area (Å²) < 4.78 is 5.51. The molecule has 4 nitrogen and oxygen atoms in total. The number of methoxy groups -OCH3 is 1. The lowest BCUT2D eigenvalue weighted by Gasteiger charge is -2.22. The maximum absolute atomic E-state index is 13.4. The van der Waals surface area contributed by atoms with Crippen molar-refractivity contribution in [1.29, 1.82) is 0 Å². The molecule has 1 aliphatic heterocycles. The van der Waals surface area contributed by atoms with Gasteiger partial charge >= 0.3 is 0 Å². The molecule has 4 rings (SSSR count). The molecule has 3 aromatic rings. The fraction of sp³-hybridized carbons (Fsp3) is 0.231. The Kier molecular flexibility index (Phi) is 6.14. The van der Waals surface area contributed by atoms with Gasteiger partial charge in [0.15, 0.2) is 5.17 Å². The number of aryl methyl sites for hydroxylation is 1. The molecule has 1 aliphatic rings. The molecule has 3 aromatic carbocycles. The van der Waals surface area contributed by atoms with Crippen LogP contribution in [0.25, 0.3) is 16.8 Å². The second-order valence-corrected chi connectivity index (χ2v) is 8.68. The summed E-state index contributed by atoms with van der Waals surface area (Å²) in [6.07, 6.45) is 2.83. The first-order valence-corrected chi connectivity index (χ1v) is 11.3. The van der Waals surface area contributed by atoms with E-state index in [-0.39, 0.29) is 11.9 Å². The van der Waals surface area contributed by atoms with Crippen molar-refractivity contribution in [3.8, 4) is 5.75 Å². The van der Waals surface area contributed by atoms with Crippen LogP contribution in [0.1, 0.15) is 31.4 Å². The molecule has 1 heterocycles. The quantitative estimate of drug-likeness (QED) is 0.431. The van der Waals surface area contributed by atoms with Crippen molar-refractivity contribution in [2.75, 3.05) is 7.11 Å². The molecule has 0 saturated carbocycles. The lowest BCUT2D eigenvalue weighted by atomic mass is 10.0. The van der Waals surface area contributed by atoms with Crippen LogP contribution in [0.2, 0.25) is 0 Å². The van der Waals surface area contributed by atoms with E-state index in [0.29, 0.717) is 4.91 Å². The van der Waals surface area contributed by atoms with Gasteiger partial charge in [0.2, 0.25) is 0 Å². The van der Waals surface area contributed by atoms with E-state index >= 15 is 0 Å². The number of thioether (sulfide) groups is 1. The molecule has 1 atom stereocenters.